The summed E-state index contributed by atoms with van der Waals surface area (Å²) in [4.78, 5) is 38.9. The summed E-state index contributed by atoms with van der Waals surface area (Å²) in [6, 6.07) is 7.63. The van der Waals surface area contributed by atoms with Gasteiger partial charge in [-0.15, -0.1) is 0 Å². The Morgan fingerprint density at radius 1 is 1.21 bits per heavy atom. The third-order valence-electron chi connectivity index (χ3n) is 5.98. The number of likely N-dealkylation sites (tertiary alicyclic amines) is 1. The van der Waals surface area contributed by atoms with Gasteiger partial charge in [0.05, 0.1) is 23.2 Å². The van der Waals surface area contributed by atoms with Gasteiger partial charge in [-0.1, -0.05) is 18.9 Å². The van der Waals surface area contributed by atoms with Crippen molar-refractivity contribution in [1.82, 2.24) is 9.47 Å². The number of benzene rings is 1. The van der Waals surface area contributed by atoms with Gasteiger partial charge in [-0.05, 0) is 31.0 Å². The molecule has 2 fully saturated rings. The number of hydrogen-bond donors (Lipinski definition) is 1. The number of rotatable bonds is 6. The summed E-state index contributed by atoms with van der Waals surface area (Å²) in [7, 11) is 1.66. The minimum atomic E-state index is -0.546. The van der Waals surface area contributed by atoms with Crippen molar-refractivity contribution in [1.29, 1.82) is 0 Å². The number of carbonyl (C=O) groups is 3. The molecular weight excluding hydrogens is 358 g/mol. The summed E-state index contributed by atoms with van der Waals surface area (Å²) in [6.07, 6.45) is 5.66. The van der Waals surface area contributed by atoms with Crippen molar-refractivity contribution in [2.24, 2.45) is 5.41 Å². The van der Waals surface area contributed by atoms with Crippen LogP contribution in [0.4, 0.5) is 5.69 Å². The van der Waals surface area contributed by atoms with E-state index in [1.165, 1.54) is 0 Å². The molecule has 0 atom stereocenters. The van der Waals surface area contributed by atoms with Crippen molar-refractivity contribution >= 4 is 34.3 Å². The number of methoxy groups -OCH3 is 1. The molecule has 1 aromatic carbocycles. The quantitative estimate of drug-likeness (QED) is 0.778. The number of carbonyl (C=O) groups excluding carboxylic acids is 3. The molecule has 4 rings (SSSR count). The molecule has 1 spiro atoms. The molecule has 2 aliphatic rings. The van der Waals surface area contributed by atoms with Gasteiger partial charge in [-0.25, -0.2) is 0 Å². The van der Waals surface area contributed by atoms with Gasteiger partial charge in [-0.3, -0.25) is 19.3 Å². The van der Waals surface area contributed by atoms with Crippen molar-refractivity contribution in [2.45, 2.75) is 38.6 Å². The maximum absolute atomic E-state index is 12.8. The predicted octanol–water partition coefficient (Wildman–Crippen LogP) is 2.55. The van der Waals surface area contributed by atoms with E-state index < -0.39 is 5.41 Å². The minimum Gasteiger partial charge on any atom is -0.383 e. The molecule has 1 aliphatic heterocycles. The number of anilines is 1. The van der Waals surface area contributed by atoms with Crippen molar-refractivity contribution < 1.29 is 19.1 Å². The molecule has 28 heavy (non-hydrogen) atoms. The van der Waals surface area contributed by atoms with Gasteiger partial charge < -0.3 is 14.6 Å². The lowest BCUT2D eigenvalue weighted by atomic mass is 9.84. The number of ether oxygens (including phenoxy) is 1. The van der Waals surface area contributed by atoms with Crippen LogP contribution in [-0.4, -0.2) is 47.4 Å². The van der Waals surface area contributed by atoms with Gasteiger partial charge in [0.1, 0.15) is 6.54 Å². The zero-order valence-electron chi connectivity index (χ0n) is 16.1. The molecule has 0 unspecified atom stereocenters. The van der Waals surface area contributed by atoms with Crippen molar-refractivity contribution in [3.05, 3.63) is 30.5 Å². The molecule has 7 heteroatoms. The van der Waals surface area contributed by atoms with Crippen LogP contribution in [0.15, 0.2) is 30.5 Å². The van der Waals surface area contributed by atoms with Gasteiger partial charge in [-0.2, -0.15) is 0 Å². The highest BCUT2D eigenvalue weighted by molar-refractivity contribution is 6.10. The van der Waals surface area contributed by atoms with Crippen molar-refractivity contribution in [3.8, 4) is 0 Å². The first-order chi connectivity index (χ1) is 13.5. The Balaban J connectivity index is 1.48. The van der Waals surface area contributed by atoms with E-state index >= 15 is 0 Å². The Labute approximate surface area is 163 Å². The summed E-state index contributed by atoms with van der Waals surface area (Å²) in [5.74, 6) is -0.756. The highest BCUT2D eigenvalue weighted by Crippen LogP contribution is 2.46. The van der Waals surface area contributed by atoms with Crippen LogP contribution in [0.5, 0.6) is 0 Å². The van der Waals surface area contributed by atoms with Crippen LogP contribution in [0.1, 0.15) is 32.1 Å². The van der Waals surface area contributed by atoms with Gasteiger partial charge in [0.15, 0.2) is 0 Å². The number of fused-ring (bicyclic) bond motifs is 1. The van der Waals surface area contributed by atoms with Crippen LogP contribution in [-0.2, 0) is 25.7 Å². The Kier molecular flexibility index (Phi) is 4.93. The number of aromatic nitrogens is 1. The number of nitrogens with one attached hydrogen (secondary N) is 1. The lowest BCUT2D eigenvalue weighted by molar-refractivity contribution is -0.143. The smallest absolute Gasteiger partial charge is 0.244 e. The molecule has 1 aliphatic carbocycles. The molecule has 0 radical (unpaired) electrons. The lowest BCUT2D eigenvalue weighted by Gasteiger charge is -2.20. The first-order valence-corrected chi connectivity index (χ1v) is 9.75. The molecule has 148 valence electrons. The van der Waals surface area contributed by atoms with Crippen molar-refractivity contribution in [3.63, 3.8) is 0 Å². The second-order valence-corrected chi connectivity index (χ2v) is 7.74. The van der Waals surface area contributed by atoms with E-state index in [4.69, 9.17) is 4.74 Å². The molecular formula is C21H25N3O4. The highest BCUT2D eigenvalue weighted by atomic mass is 16.5. The molecule has 3 amide bonds. The molecule has 1 saturated carbocycles. The highest BCUT2D eigenvalue weighted by Gasteiger charge is 2.52. The molecule has 2 heterocycles. The molecule has 2 aromatic rings. The summed E-state index contributed by atoms with van der Waals surface area (Å²) in [6.45, 7) is 1.09. The van der Waals surface area contributed by atoms with E-state index in [0.717, 1.165) is 48.0 Å². The van der Waals surface area contributed by atoms with E-state index in [9.17, 15) is 14.4 Å². The monoisotopic (exact) mass is 383 g/mol. The summed E-state index contributed by atoms with van der Waals surface area (Å²) in [5.41, 5.74) is 1.12. The lowest BCUT2D eigenvalue weighted by Crippen LogP contribution is -2.39. The Hall–Kier alpha value is -2.67. The summed E-state index contributed by atoms with van der Waals surface area (Å²) in [5, 5.41) is 3.79. The number of amides is 3. The van der Waals surface area contributed by atoms with Gasteiger partial charge in [0.25, 0.3) is 0 Å². The number of hydrogen-bond acceptors (Lipinski definition) is 4. The normalized spacial score (nSPS) is 18.5. The second-order valence-electron chi connectivity index (χ2n) is 7.74. The van der Waals surface area contributed by atoms with Crippen LogP contribution >= 0.6 is 0 Å². The topological polar surface area (TPSA) is 80.6 Å². The fourth-order valence-electron chi connectivity index (χ4n) is 4.51. The van der Waals surface area contributed by atoms with E-state index in [1.54, 1.807) is 7.11 Å². The van der Waals surface area contributed by atoms with Crippen LogP contribution in [0.3, 0.4) is 0 Å². The fourth-order valence-corrected chi connectivity index (χ4v) is 4.51. The minimum absolute atomic E-state index is 0.172. The van der Waals surface area contributed by atoms with E-state index in [-0.39, 0.29) is 30.7 Å². The maximum atomic E-state index is 12.8. The molecule has 1 N–H and O–H groups in total. The van der Waals surface area contributed by atoms with E-state index in [1.807, 2.05) is 30.5 Å². The third kappa shape index (κ3) is 3.20. The van der Waals surface area contributed by atoms with E-state index in [0.29, 0.717) is 12.3 Å². The number of imide groups is 1. The summed E-state index contributed by atoms with van der Waals surface area (Å²) >= 11 is 0. The first kappa shape index (κ1) is 18.7. The van der Waals surface area contributed by atoms with Crippen LogP contribution in [0.25, 0.3) is 10.9 Å². The molecule has 1 saturated heterocycles. The Morgan fingerprint density at radius 2 is 2.00 bits per heavy atom. The maximum Gasteiger partial charge on any atom is 0.244 e. The van der Waals surface area contributed by atoms with Crippen LogP contribution in [0.2, 0.25) is 0 Å². The average molecular weight is 383 g/mol. The van der Waals surface area contributed by atoms with E-state index in [2.05, 4.69) is 9.88 Å². The molecule has 0 bridgehead atoms. The predicted molar refractivity (Wildman–Crippen MR) is 105 cm³/mol. The molecule has 1 aromatic heterocycles. The van der Waals surface area contributed by atoms with Crippen LogP contribution < -0.4 is 5.32 Å². The third-order valence-corrected chi connectivity index (χ3v) is 5.98. The fraction of sp³-hybridized carbons (Fsp3) is 0.476. The number of nitrogens with zero attached hydrogens (tertiary/aromatic N) is 2. The molecule has 7 nitrogen and oxygen atoms in total. The SMILES string of the molecule is COCCn1ccc2c(NC(=O)CN3C(=O)CC4(CCCC4)C3=O)cccc21. The Morgan fingerprint density at radius 3 is 2.75 bits per heavy atom. The zero-order valence-corrected chi connectivity index (χ0v) is 16.1. The first-order valence-electron chi connectivity index (χ1n) is 9.75. The van der Waals surface area contributed by atoms with Gasteiger partial charge in [0.2, 0.25) is 17.7 Å². The van der Waals surface area contributed by atoms with Crippen LogP contribution in [0, 0.1) is 5.41 Å². The van der Waals surface area contributed by atoms with Crippen molar-refractivity contribution in [2.75, 3.05) is 25.6 Å². The zero-order chi connectivity index (χ0) is 19.7. The Bertz CT molecular complexity index is 927. The average Bonchev–Trinajstić information content (AvgIpc) is 3.36. The largest absolute Gasteiger partial charge is 0.383 e. The summed E-state index contributed by atoms with van der Waals surface area (Å²) < 4.78 is 7.19. The van der Waals surface area contributed by atoms with Gasteiger partial charge in [0, 0.05) is 31.7 Å². The second kappa shape index (κ2) is 7.39. The van der Waals surface area contributed by atoms with Gasteiger partial charge >= 0.3 is 0 Å². The standard InChI is InChI=1S/C21H25N3O4/c1-28-12-11-23-10-7-15-16(5-4-6-17(15)23)22-18(25)14-24-19(26)13-21(20(24)27)8-2-3-9-21/h4-7,10H,2-3,8-9,11-14H2,1H3,(H,22,25).